The van der Waals surface area contributed by atoms with Crippen LogP contribution in [0.4, 0.5) is 0 Å². The number of nitrogens with zero attached hydrogens (tertiary/aromatic N) is 2. The maximum atomic E-state index is 5.44. The number of hydrogen-bond donors (Lipinski definition) is 0. The maximum Gasteiger partial charge on any atom is 0.329 e. The summed E-state index contributed by atoms with van der Waals surface area (Å²) in [7, 11) is 0. The molecule has 1 heterocycles. The molecule has 0 radical (unpaired) electrons. The van der Waals surface area contributed by atoms with E-state index in [-0.39, 0.29) is 0 Å². The third kappa shape index (κ3) is 2.37. The van der Waals surface area contributed by atoms with Crippen LogP contribution < -0.4 is 4.74 Å². The predicted molar refractivity (Wildman–Crippen MR) is 71.7 cm³/mol. The van der Waals surface area contributed by atoms with Crippen LogP contribution in [0.2, 0.25) is 0 Å². The van der Waals surface area contributed by atoms with E-state index < -0.39 is 0 Å². The van der Waals surface area contributed by atoms with E-state index >= 15 is 0 Å². The van der Waals surface area contributed by atoms with Gasteiger partial charge in [-0.1, -0.05) is 19.3 Å². The van der Waals surface area contributed by atoms with Crippen molar-refractivity contribution in [2.24, 2.45) is 11.8 Å². The third-order valence-corrected chi connectivity index (χ3v) is 4.88. The molecule has 1 aromatic heterocycles. The molecule has 4 heteroatoms. The summed E-state index contributed by atoms with van der Waals surface area (Å²) in [5, 5.41) is 1.18. The van der Waals surface area contributed by atoms with Crippen molar-refractivity contribution in [1.82, 2.24) is 9.36 Å². The fourth-order valence-electron chi connectivity index (χ4n) is 3.25. The van der Waals surface area contributed by atoms with Crippen molar-refractivity contribution in [2.75, 3.05) is 6.61 Å². The van der Waals surface area contributed by atoms with E-state index in [4.69, 9.17) is 4.74 Å². The highest BCUT2D eigenvalue weighted by Crippen LogP contribution is 2.53. The molecule has 0 amide bonds. The second-order valence-corrected chi connectivity index (χ2v) is 5.98. The van der Waals surface area contributed by atoms with Gasteiger partial charge in [0.2, 0.25) is 0 Å². The molecule has 0 saturated heterocycles. The number of fused-ring (bicyclic) bond motifs is 2. The Morgan fingerprint density at radius 2 is 2.28 bits per heavy atom. The van der Waals surface area contributed by atoms with Gasteiger partial charge in [0.1, 0.15) is 5.01 Å². The molecule has 0 spiro atoms. The van der Waals surface area contributed by atoms with E-state index in [1.54, 1.807) is 0 Å². The Kier molecular flexibility index (Phi) is 3.51. The van der Waals surface area contributed by atoms with Crippen LogP contribution in [0.5, 0.6) is 6.01 Å². The van der Waals surface area contributed by atoms with Crippen molar-refractivity contribution >= 4 is 11.5 Å². The van der Waals surface area contributed by atoms with Crippen LogP contribution in [0.15, 0.2) is 0 Å². The molecule has 3 atom stereocenters. The first-order chi connectivity index (χ1) is 8.86. The van der Waals surface area contributed by atoms with Gasteiger partial charge in [-0.05, 0) is 42.6 Å². The predicted octanol–water partition coefficient (Wildman–Crippen LogP) is 3.23. The lowest BCUT2D eigenvalue weighted by molar-refractivity contribution is 0.341. The van der Waals surface area contributed by atoms with E-state index in [2.05, 4.69) is 21.2 Å². The summed E-state index contributed by atoms with van der Waals surface area (Å²) in [4.78, 5) is 4.53. The van der Waals surface area contributed by atoms with E-state index in [0.717, 1.165) is 18.3 Å². The first-order valence-electron chi connectivity index (χ1n) is 6.79. The van der Waals surface area contributed by atoms with Gasteiger partial charge in [-0.3, -0.25) is 0 Å². The molecule has 2 saturated carbocycles. The number of rotatable bonds is 3. The molecule has 96 valence electrons. The van der Waals surface area contributed by atoms with E-state index in [1.165, 1.54) is 42.2 Å². The van der Waals surface area contributed by atoms with Crippen molar-refractivity contribution in [1.29, 1.82) is 0 Å². The quantitative estimate of drug-likeness (QED) is 0.784. The molecular formula is C14H18N2OS. The summed E-state index contributed by atoms with van der Waals surface area (Å²) in [6.45, 7) is 2.43. The van der Waals surface area contributed by atoms with Gasteiger partial charge in [0.05, 0.1) is 0 Å². The second kappa shape index (κ2) is 5.27. The number of hydrogen-bond acceptors (Lipinski definition) is 4. The number of ether oxygens (including phenoxy) is 1. The summed E-state index contributed by atoms with van der Waals surface area (Å²) >= 11 is 1.52. The van der Waals surface area contributed by atoms with E-state index in [0.29, 0.717) is 18.5 Å². The second-order valence-electron chi connectivity index (χ2n) is 5.19. The standard InChI is InChI=1S/C14H18N2OS/c1-2-3-4-7-17-14-15-13(18-16-14)12-9-10-5-6-11(12)8-10/h10-12H,2,5-9H2,1H3. The summed E-state index contributed by atoms with van der Waals surface area (Å²) in [6.07, 6.45) is 6.39. The fraction of sp³-hybridized carbons (Fsp3) is 0.714. The summed E-state index contributed by atoms with van der Waals surface area (Å²) in [5.74, 6) is 8.38. The van der Waals surface area contributed by atoms with Gasteiger partial charge in [0.15, 0.2) is 6.61 Å². The van der Waals surface area contributed by atoms with Gasteiger partial charge in [0, 0.05) is 12.3 Å². The van der Waals surface area contributed by atoms with Crippen LogP contribution in [0.1, 0.15) is 50.0 Å². The lowest BCUT2D eigenvalue weighted by Crippen LogP contribution is -2.08. The number of aromatic nitrogens is 2. The average molecular weight is 262 g/mol. The lowest BCUT2D eigenvalue weighted by Gasteiger charge is -2.18. The molecule has 2 aliphatic carbocycles. The molecule has 1 aromatic rings. The molecule has 0 aliphatic heterocycles. The molecule has 0 N–H and O–H groups in total. The topological polar surface area (TPSA) is 35.0 Å². The highest BCUT2D eigenvalue weighted by atomic mass is 32.1. The fourth-order valence-corrected chi connectivity index (χ4v) is 4.06. The van der Waals surface area contributed by atoms with Crippen molar-refractivity contribution in [2.45, 2.75) is 44.9 Å². The van der Waals surface area contributed by atoms with Crippen LogP contribution in [0.3, 0.4) is 0 Å². The lowest BCUT2D eigenvalue weighted by atomic mass is 9.89. The highest BCUT2D eigenvalue weighted by molar-refractivity contribution is 7.05. The van der Waals surface area contributed by atoms with E-state index in [9.17, 15) is 0 Å². The van der Waals surface area contributed by atoms with Crippen molar-refractivity contribution in [3.8, 4) is 17.9 Å². The molecular weight excluding hydrogens is 244 g/mol. The Labute approximate surface area is 112 Å². The first kappa shape index (κ1) is 12.0. The summed E-state index contributed by atoms with van der Waals surface area (Å²) < 4.78 is 9.73. The molecule has 2 aliphatic rings. The highest BCUT2D eigenvalue weighted by Gasteiger charge is 2.41. The smallest absolute Gasteiger partial charge is 0.329 e. The van der Waals surface area contributed by atoms with E-state index in [1.807, 2.05) is 6.92 Å². The van der Waals surface area contributed by atoms with Crippen molar-refractivity contribution in [3.05, 3.63) is 5.01 Å². The summed E-state index contributed by atoms with van der Waals surface area (Å²) in [5.41, 5.74) is 0. The van der Waals surface area contributed by atoms with Gasteiger partial charge in [-0.25, -0.2) is 0 Å². The molecule has 2 bridgehead atoms. The average Bonchev–Trinajstić information content (AvgIpc) is 3.09. The zero-order chi connectivity index (χ0) is 12.4. The van der Waals surface area contributed by atoms with Crippen molar-refractivity contribution in [3.63, 3.8) is 0 Å². The van der Waals surface area contributed by atoms with Gasteiger partial charge < -0.3 is 4.74 Å². The molecule has 3 nitrogen and oxygen atoms in total. The van der Waals surface area contributed by atoms with Gasteiger partial charge in [0.25, 0.3) is 0 Å². The van der Waals surface area contributed by atoms with Crippen LogP contribution in [-0.4, -0.2) is 16.0 Å². The Bertz CT molecular complexity index is 474. The zero-order valence-corrected chi connectivity index (χ0v) is 11.5. The van der Waals surface area contributed by atoms with Gasteiger partial charge in [-0.2, -0.15) is 4.98 Å². The Morgan fingerprint density at radius 3 is 3.00 bits per heavy atom. The van der Waals surface area contributed by atoms with Crippen LogP contribution in [0, 0.1) is 23.7 Å². The molecule has 0 aromatic carbocycles. The monoisotopic (exact) mass is 262 g/mol. The Morgan fingerprint density at radius 1 is 1.33 bits per heavy atom. The molecule has 3 unspecified atom stereocenters. The van der Waals surface area contributed by atoms with Crippen LogP contribution in [0.25, 0.3) is 0 Å². The molecule has 2 fully saturated rings. The first-order valence-corrected chi connectivity index (χ1v) is 7.56. The Balaban J connectivity index is 1.60. The van der Waals surface area contributed by atoms with Crippen LogP contribution >= 0.6 is 11.5 Å². The van der Waals surface area contributed by atoms with Gasteiger partial charge in [-0.15, -0.1) is 10.3 Å². The minimum absolute atomic E-state index is 0.404. The van der Waals surface area contributed by atoms with Crippen LogP contribution in [-0.2, 0) is 0 Å². The normalized spacial score (nSPS) is 29.1. The Hall–Kier alpha value is -1.08. The van der Waals surface area contributed by atoms with Gasteiger partial charge >= 0.3 is 6.01 Å². The minimum atomic E-state index is 0.404. The third-order valence-electron chi connectivity index (χ3n) is 4.05. The SMILES string of the molecule is CCC#CCOc1nsc(C2CC3CCC2C3)n1. The zero-order valence-electron chi connectivity index (χ0n) is 10.7. The largest absolute Gasteiger partial charge is 0.450 e. The minimum Gasteiger partial charge on any atom is -0.450 e. The summed E-state index contributed by atoms with van der Waals surface area (Å²) in [6, 6.07) is 0.517. The maximum absolute atomic E-state index is 5.44. The molecule has 3 rings (SSSR count). The molecule has 18 heavy (non-hydrogen) atoms. The van der Waals surface area contributed by atoms with Crippen molar-refractivity contribution < 1.29 is 4.74 Å².